The van der Waals surface area contributed by atoms with Crippen molar-refractivity contribution < 1.29 is 8.78 Å². The number of aryl methyl sites for hydroxylation is 2. The van der Waals surface area contributed by atoms with Crippen LogP contribution in [-0.4, -0.2) is 9.38 Å². The van der Waals surface area contributed by atoms with Gasteiger partial charge in [0, 0.05) is 17.3 Å². The third-order valence-corrected chi connectivity index (χ3v) is 6.09. The summed E-state index contributed by atoms with van der Waals surface area (Å²) in [6.45, 7) is 4.05. The van der Waals surface area contributed by atoms with Crippen LogP contribution in [0, 0.1) is 25.5 Å². The molecule has 0 amide bonds. The van der Waals surface area contributed by atoms with Crippen molar-refractivity contribution in [3.8, 4) is 11.3 Å². The molecule has 5 aromatic rings. The zero-order valence-electron chi connectivity index (χ0n) is 15.8. The van der Waals surface area contributed by atoms with Gasteiger partial charge in [-0.2, -0.15) is 0 Å². The second kappa shape index (κ2) is 6.67. The lowest BCUT2D eigenvalue weighted by Gasteiger charge is -2.14. The molecule has 5 rings (SSSR count). The van der Waals surface area contributed by atoms with Gasteiger partial charge in [0.25, 0.3) is 0 Å². The van der Waals surface area contributed by atoms with Crippen LogP contribution in [0.4, 0.5) is 20.3 Å². The zero-order chi connectivity index (χ0) is 20.1. The third kappa shape index (κ3) is 2.87. The largest absolute Gasteiger partial charge is 0.339 e. The molecule has 0 bridgehead atoms. The molecule has 3 nitrogen and oxygen atoms in total. The molecule has 0 radical (unpaired) electrons. The number of para-hydroxylation sites is 2. The van der Waals surface area contributed by atoms with Gasteiger partial charge in [0.2, 0.25) is 0 Å². The van der Waals surface area contributed by atoms with Crippen LogP contribution in [-0.2, 0) is 0 Å². The number of thiazole rings is 1. The van der Waals surface area contributed by atoms with Gasteiger partial charge in [0.1, 0.15) is 23.1 Å². The molecule has 6 heteroatoms. The maximum atomic E-state index is 14.6. The minimum Gasteiger partial charge on any atom is -0.339 e. The first-order valence-electron chi connectivity index (χ1n) is 9.21. The number of anilines is 2. The second-order valence-corrected chi connectivity index (χ2v) is 8.02. The summed E-state index contributed by atoms with van der Waals surface area (Å²) < 4.78 is 31.2. The smallest absolute Gasteiger partial charge is 0.197 e. The summed E-state index contributed by atoms with van der Waals surface area (Å²) in [6.07, 6.45) is 0. The van der Waals surface area contributed by atoms with Crippen molar-refractivity contribution in [3.63, 3.8) is 0 Å². The van der Waals surface area contributed by atoms with Gasteiger partial charge in [0.05, 0.1) is 10.2 Å². The second-order valence-electron chi connectivity index (χ2n) is 7.01. The molecule has 144 valence electrons. The van der Waals surface area contributed by atoms with E-state index in [9.17, 15) is 8.78 Å². The fourth-order valence-corrected chi connectivity index (χ4v) is 4.66. The molecule has 3 aromatic carbocycles. The fraction of sp³-hybridized carbons (Fsp3) is 0.0870. The van der Waals surface area contributed by atoms with Crippen LogP contribution in [0.15, 0.2) is 60.7 Å². The predicted molar refractivity (Wildman–Crippen MR) is 115 cm³/mol. The highest BCUT2D eigenvalue weighted by Crippen LogP contribution is 2.39. The Hall–Kier alpha value is -3.25. The lowest BCUT2D eigenvalue weighted by Crippen LogP contribution is -2.01. The molecule has 2 aromatic heterocycles. The first-order valence-corrected chi connectivity index (χ1v) is 10.0. The van der Waals surface area contributed by atoms with Gasteiger partial charge >= 0.3 is 0 Å². The van der Waals surface area contributed by atoms with Gasteiger partial charge in [-0.05, 0) is 49.2 Å². The summed E-state index contributed by atoms with van der Waals surface area (Å²) in [6, 6.07) is 17.6. The number of hydrogen-bond donors (Lipinski definition) is 1. The molecular formula is C23H17F2N3S. The third-order valence-electron chi connectivity index (χ3n) is 5.06. The van der Waals surface area contributed by atoms with Crippen LogP contribution in [0.3, 0.4) is 0 Å². The van der Waals surface area contributed by atoms with Gasteiger partial charge in [-0.15, -0.1) is 0 Å². The Balaban J connectivity index is 1.82. The van der Waals surface area contributed by atoms with E-state index in [1.807, 2.05) is 60.7 Å². The highest BCUT2D eigenvalue weighted by Gasteiger charge is 2.21. The van der Waals surface area contributed by atoms with E-state index in [2.05, 4.69) is 5.32 Å². The summed E-state index contributed by atoms with van der Waals surface area (Å²) >= 11 is 1.53. The van der Waals surface area contributed by atoms with Crippen LogP contribution < -0.4 is 5.32 Å². The van der Waals surface area contributed by atoms with Crippen molar-refractivity contribution in [1.82, 2.24) is 9.38 Å². The minimum absolute atomic E-state index is 0.264. The number of hydrogen-bond acceptors (Lipinski definition) is 3. The summed E-state index contributed by atoms with van der Waals surface area (Å²) in [5.41, 5.74) is 4.81. The molecule has 0 aliphatic heterocycles. The predicted octanol–water partition coefficient (Wildman–Crippen LogP) is 6.85. The topological polar surface area (TPSA) is 29.3 Å². The van der Waals surface area contributed by atoms with Crippen molar-refractivity contribution in [2.45, 2.75) is 13.8 Å². The molecule has 0 aliphatic rings. The molecular weight excluding hydrogens is 388 g/mol. The summed E-state index contributed by atoms with van der Waals surface area (Å²) in [7, 11) is 0. The maximum Gasteiger partial charge on any atom is 0.197 e. The zero-order valence-corrected chi connectivity index (χ0v) is 16.6. The Morgan fingerprint density at radius 1 is 0.931 bits per heavy atom. The van der Waals surface area contributed by atoms with Crippen LogP contribution in [0.5, 0.6) is 0 Å². The summed E-state index contributed by atoms with van der Waals surface area (Å²) in [5.74, 6) is -0.577. The van der Waals surface area contributed by atoms with Crippen LogP contribution >= 0.6 is 11.3 Å². The minimum atomic E-state index is -0.635. The number of fused-ring (bicyclic) bond motifs is 3. The van der Waals surface area contributed by atoms with E-state index in [0.717, 1.165) is 38.1 Å². The van der Waals surface area contributed by atoms with E-state index >= 15 is 0 Å². The molecule has 29 heavy (non-hydrogen) atoms. The molecule has 0 unspecified atom stereocenters. The number of aromatic nitrogens is 2. The SMILES string of the molecule is Cc1cccc(C)c1Nc1c(-c2ccc(F)cc2F)nc2sc3ccccc3n12. The van der Waals surface area contributed by atoms with Gasteiger partial charge in [0.15, 0.2) is 4.96 Å². The van der Waals surface area contributed by atoms with Crippen LogP contribution in [0.25, 0.3) is 26.4 Å². The molecule has 0 fully saturated rings. The highest BCUT2D eigenvalue weighted by atomic mass is 32.1. The molecule has 0 atom stereocenters. The fourth-order valence-electron chi connectivity index (χ4n) is 3.63. The maximum absolute atomic E-state index is 14.6. The van der Waals surface area contributed by atoms with E-state index in [1.165, 1.54) is 23.5 Å². The van der Waals surface area contributed by atoms with E-state index in [0.29, 0.717) is 11.5 Å². The van der Waals surface area contributed by atoms with E-state index < -0.39 is 11.6 Å². The monoisotopic (exact) mass is 405 g/mol. The molecule has 2 heterocycles. The van der Waals surface area contributed by atoms with Gasteiger partial charge in [-0.25, -0.2) is 13.8 Å². The number of imidazole rings is 1. The molecule has 0 saturated heterocycles. The summed E-state index contributed by atoms with van der Waals surface area (Å²) in [5, 5.41) is 3.50. The average molecular weight is 405 g/mol. The highest BCUT2D eigenvalue weighted by molar-refractivity contribution is 7.23. The first-order chi connectivity index (χ1) is 14.0. The molecule has 0 aliphatic carbocycles. The van der Waals surface area contributed by atoms with Crippen molar-refractivity contribution in [2.75, 3.05) is 5.32 Å². The Morgan fingerprint density at radius 3 is 2.45 bits per heavy atom. The van der Waals surface area contributed by atoms with Gasteiger partial charge in [-0.1, -0.05) is 41.7 Å². The lowest BCUT2D eigenvalue weighted by atomic mass is 10.1. The number of nitrogens with one attached hydrogen (secondary N) is 1. The van der Waals surface area contributed by atoms with Gasteiger partial charge < -0.3 is 5.32 Å². The quantitative estimate of drug-likeness (QED) is 0.355. The molecule has 0 spiro atoms. The van der Waals surface area contributed by atoms with Crippen molar-refractivity contribution in [2.24, 2.45) is 0 Å². The molecule has 0 saturated carbocycles. The van der Waals surface area contributed by atoms with Crippen LogP contribution in [0.2, 0.25) is 0 Å². The van der Waals surface area contributed by atoms with E-state index in [1.54, 1.807) is 0 Å². The number of nitrogens with zero attached hydrogens (tertiary/aromatic N) is 2. The van der Waals surface area contributed by atoms with Crippen molar-refractivity contribution >= 4 is 38.0 Å². The Bertz CT molecular complexity index is 1360. The number of halogens is 2. The van der Waals surface area contributed by atoms with E-state index in [-0.39, 0.29) is 5.56 Å². The Kier molecular flexibility index (Phi) is 4.10. The van der Waals surface area contributed by atoms with Crippen molar-refractivity contribution in [1.29, 1.82) is 0 Å². The average Bonchev–Trinajstić information content (AvgIpc) is 3.21. The Labute approximate surface area is 170 Å². The van der Waals surface area contributed by atoms with Gasteiger partial charge in [-0.3, -0.25) is 4.40 Å². The Morgan fingerprint density at radius 2 is 1.69 bits per heavy atom. The standard InChI is InChI=1S/C23H17F2N3S/c1-13-6-5-7-14(2)20(13)26-22-21(16-11-10-15(24)12-17(16)25)27-23-28(22)18-8-3-4-9-19(18)29-23/h3-12,26H,1-2H3. The lowest BCUT2D eigenvalue weighted by molar-refractivity contribution is 0.585. The number of benzene rings is 3. The van der Waals surface area contributed by atoms with Crippen molar-refractivity contribution in [3.05, 3.63) is 83.4 Å². The van der Waals surface area contributed by atoms with Crippen LogP contribution in [0.1, 0.15) is 11.1 Å². The van der Waals surface area contributed by atoms with E-state index in [4.69, 9.17) is 4.98 Å². The normalized spacial score (nSPS) is 11.4. The summed E-state index contributed by atoms with van der Waals surface area (Å²) in [4.78, 5) is 5.47. The first kappa shape index (κ1) is 17.8. The number of rotatable bonds is 3. The molecule has 1 N–H and O–H groups in total.